The van der Waals surface area contributed by atoms with Crippen molar-refractivity contribution in [1.29, 1.82) is 0 Å². The quantitative estimate of drug-likeness (QED) is 0.669. The summed E-state index contributed by atoms with van der Waals surface area (Å²) < 4.78 is 0. The summed E-state index contributed by atoms with van der Waals surface area (Å²) in [6, 6.07) is 0. The molecule has 14 heavy (non-hydrogen) atoms. The minimum atomic E-state index is -0.267. The van der Waals surface area contributed by atoms with Crippen molar-refractivity contribution in [2.45, 2.75) is 32.2 Å². The van der Waals surface area contributed by atoms with Crippen LogP contribution in [0.4, 0.5) is 0 Å². The molecule has 1 aliphatic heterocycles. The number of hydrogen-bond acceptors (Lipinski definition) is 3. The second-order valence-electron chi connectivity index (χ2n) is 4.84. The van der Waals surface area contributed by atoms with E-state index in [1.54, 1.807) is 4.90 Å². The number of nitrogens with zero attached hydrogens (tertiary/aromatic N) is 1. The molecule has 0 atom stereocenters. The standard InChI is InChI=1S/C10H20N2O2/c1-10(2,11)4-3-9(14)12-5-8(6-12)7-13/h8,13H,3-7,11H2,1-2H3. The van der Waals surface area contributed by atoms with Gasteiger partial charge in [0.15, 0.2) is 0 Å². The summed E-state index contributed by atoms with van der Waals surface area (Å²) >= 11 is 0. The third kappa shape index (κ3) is 3.27. The normalized spacial score (nSPS) is 18.1. The zero-order valence-corrected chi connectivity index (χ0v) is 8.99. The Morgan fingerprint density at radius 2 is 2.14 bits per heavy atom. The number of rotatable bonds is 4. The highest BCUT2D eigenvalue weighted by Crippen LogP contribution is 2.17. The minimum absolute atomic E-state index is 0.160. The molecule has 1 aliphatic rings. The summed E-state index contributed by atoms with van der Waals surface area (Å²) in [5.41, 5.74) is 5.52. The molecule has 4 nitrogen and oxygen atoms in total. The average Bonchev–Trinajstić information content (AvgIpc) is 1.97. The second kappa shape index (κ2) is 4.28. The highest BCUT2D eigenvalue weighted by molar-refractivity contribution is 5.77. The lowest BCUT2D eigenvalue weighted by molar-refractivity contribution is -0.138. The van der Waals surface area contributed by atoms with Crippen molar-refractivity contribution in [2.24, 2.45) is 11.7 Å². The minimum Gasteiger partial charge on any atom is -0.396 e. The van der Waals surface area contributed by atoms with Crippen LogP contribution in [-0.2, 0) is 4.79 Å². The van der Waals surface area contributed by atoms with Crippen LogP contribution in [-0.4, -0.2) is 41.1 Å². The molecule has 1 saturated heterocycles. The molecule has 0 bridgehead atoms. The topological polar surface area (TPSA) is 66.6 Å². The number of amides is 1. The first-order valence-electron chi connectivity index (χ1n) is 5.10. The van der Waals surface area contributed by atoms with Gasteiger partial charge in [0.1, 0.15) is 0 Å². The Bertz CT molecular complexity index is 205. The van der Waals surface area contributed by atoms with Crippen molar-refractivity contribution in [3.8, 4) is 0 Å². The lowest BCUT2D eigenvalue weighted by Crippen LogP contribution is -2.51. The van der Waals surface area contributed by atoms with Crippen molar-refractivity contribution in [1.82, 2.24) is 4.90 Å². The summed E-state index contributed by atoms with van der Waals surface area (Å²) in [5.74, 6) is 0.457. The smallest absolute Gasteiger partial charge is 0.222 e. The molecule has 0 spiro atoms. The Hall–Kier alpha value is -0.610. The summed E-state index contributed by atoms with van der Waals surface area (Å²) in [4.78, 5) is 13.3. The van der Waals surface area contributed by atoms with Gasteiger partial charge < -0.3 is 15.7 Å². The summed E-state index contributed by atoms with van der Waals surface area (Å²) in [6.07, 6.45) is 1.23. The molecule has 0 aromatic heterocycles. The summed E-state index contributed by atoms with van der Waals surface area (Å²) in [7, 11) is 0. The number of carbonyl (C=O) groups excluding carboxylic acids is 1. The van der Waals surface area contributed by atoms with E-state index in [1.807, 2.05) is 13.8 Å². The SMILES string of the molecule is CC(C)(N)CCC(=O)N1CC(CO)C1. The Balaban J connectivity index is 2.18. The molecule has 1 rings (SSSR count). The predicted molar refractivity (Wildman–Crippen MR) is 54.7 cm³/mol. The monoisotopic (exact) mass is 200 g/mol. The summed E-state index contributed by atoms with van der Waals surface area (Å²) in [5, 5.41) is 8.79. The third-order valence-electron chi connectivity index (χ3n) is 2.55. The van der Waals surface area contributed by atoms with E-state index in [4.69, 9.17) is 10.8 Å². The molecule has 0 saturated carbocycles. The first kappa shape index (κ1) is 11.5. The zero-order valence-electron chi connectivity index (χ0n) is 8.99. The molecule has 1 amide bonds. The Morgan fingerprint density at radius 3 is 2.57 bits per heavy atom. The van der Waals surface area contributed by atoms with Gasteiger partial charge in [0.05, 0.1) is 0 Å². The maximum absolute atomic E-state index is 11.5. The van der Waals surface area contributed by atoms with Crippen LogP contribution in [0.3, 0.4) is 0 Å². The highest BCUT2D eigenvalue weighted by Gasteiger charge is 2.29. The van der Waals surface area contributed by atoms with Crippen LogP contribution >= 0.6 is 0 Å². The van der Waals surface area contributed by atoms with Gasteiger partial charge in [0.2, 0.25) is 5.91 Å². The number of hydrogen-bond donors (Lipinski definition) is 2. The van der Waals surface area contributed by atoms with Crippen LogP contribution in [0.1, 0.15) is 26.7 Å². The van der Waals surface area contributed by atoms with Gasteiger partial charge >= 0.3 is 0 Å². The van der Waals surface area contributed by atoms with E-state index in [1.165, 1.54) is 0 Å². The second-order valence-corrected chi connectivity index (χ2v) is 4.84. The van der Waals surface area contributed by atoms with Crippen LogP contribution < -0.4 is 5.73 Å². The van der Waals surface area contributed by atoms with Crippen LogP contribution in [0.2, 0.25) is 0 Å². The fourth-order valence-electron chi connectivity index (χ4n) is 1.48. The van der Waals surface area contributed by atoms with Crippen molar-refractivity contribution in [3.05, 3.63) is 0 Å². The Morgan fingerprint density at radius 1 is 1.57 bits per heavy atom. The number of aliphatic hydroxyl groups is 1. The molecular formula is C10H20N2O2. The number of likely N-dealkylation sites (tertiary alicyclic amines) is 1. The molecule has 0 aromatic carbocycles. The fourth-order valence-corrected chi connectivity index (χ4v) is 1.48. The molecule has 0 unspecified atom stereocenters. The van der Waals surface area contributed by atoms with E-state index in [0.29, 0.717) is 31.8 Å². The summed E-state index contributed by atoms with van der Waals surface area (Å²) in [6.45, 7) is 5.45. The number of aliphatic hydroxyl groups excluding tert-OH is 1. The van der Waals surface area contributed by atoms with Gasteiger partial charge in [0, 0.05) is 37.6 Å². The van der Waals surface area contributed by atoms with Crippen molar-refractivity contribution >= 4 is 5.91 Å². The van der Waals surface area contributed by atoms with Gasteiger partial charge in [-0.1, -0.05) is 0 Å². The lowest BCUT2D eigenvalue weighted by Gasteiger charge is -2.38. The van der Waals surface area contributed by atoms with E-state index in [-0.39, 0.29) is 18.1 Å². The lowest BCUT2D eigenvalue weighted by atomic mass is 9.97. The molecule has 4 heteroatoms. The molecule has 82 valence electrons. The largest absolute Gasteiger partial charge is 0.396 e. The maximum atomic E-state index is 11.5. The van der Waals surface area contributed by atoms with Gasteiger partial charge in [-0.25, -0.2) is 0 Å². The first-order valence-corrected chi connectivity index (χ1v) is 5.10. The average molecular weight is 200 g/mol. The van der Waals surface area contributed by atoms with Crippen LogP contribution in [0.5, 0.6) is 0 Å². The molecule has 0 aliphatic carbocycles. The van der Waals surface area contributed by atoms with Gasteiger partial charge in [-0.15, -0.1) is 0 Å². The van der Waals surface area contributed by atoms with E-state index in [2.05, 4.69) is 0 Å². The first-order chi connectivity index (χ1) is 6.42. The maximum Gasteiger partial charge on any atom is 0.222 e. The highest BCUT2D eigenvalue weighted by atomic mass is 16.3. The van der Waals surface area contributed by atoms with Crippen molar-refractivity contribution in [2.75, 3.05) is 19.7 Å². The van der Waals surface area contributed by atoms with Gasteiger partial charge in [-0.05, 0) is 20.3 Å². The number of carbonyl (C=O) groups is 1. The Kier molecular flexibility index (Phi) is 3.50. The molecule has 1 heterocycles. The van der Waals surface area contributed by atoms with Gasteiger partial charge in [0.25, 0.3) is 0 Å². The molecule has 0 aromatic rings. The van der Waals surface area contributed by atoms with E-state index in [0.717, 1.165) is 0 Å². The fraction of sp³-hybridized carbons (Fsp3) is 0.900. The van der Waals surface area contributed by atoms with Crippen LogP contribution in [0.25, 0.3) is 0 Å². The molecular weight excluding hydrogens is 180 g/mol. The van der Waals surface area contributed by atoms with Crippen molar-refractivity contribution in [3.63, 3.8) is 0 Å². The number of nitrogens with two attached hydrogens (primary N) is 1. The van der Waals surface area contributed by atoms with E-state index >= 15 is 0 Å². The van der Waals surface area contributed by atoms with Crippen LogP contribution in [0, 0.1) is 5.92 Å². The van der Waals surface area contributed by atoms with Gasteiger partial charge in [-0.3, -0.25) is 4.79 Å². The predicted octanol–water partition coefficient (Wildman–Crippen LogP) is -0.0454. The molecule has 0 radical (unpaired) electrons. The molecule has 3 N–H and O–H groups in total. The van der Waals surface area contributed by atoms with E-state index < -0.39 is 0 Å². The van der Waals surface area contributed by atoms with Gasteiger partial charge in [-0.2, -0.15) is 0 Å². The van der Waals surface area contributed by atoms with E-state index in [9.17, 15) is 4.79 Å². The van der Waals surface area contributed by atoms with Crippen LogP contribution in [0.15, 0.2) is 0 Å². The zero-order chi connectivity index (χ0) is 10.8. The molecule has 1 fully saturated rings. The Labute approximate surface area is 85.1 Å². The third-order valence-corrected chi connectivity index (χ3v) is 2.55. The van der Waals surface area contributed by atoms with Crippen molar-refractivity contribution < 1.29 is 9.90 Å².